The Morgan fingerprint density at radius 1 is 0.696 bits per heavy atom. The van der Waals surface area contributed by atoms with Crippen molar-refractivity contribution in [3.05, 3.63) is 57.3 Å². The van der Waals surface area contributed by atoms with E-state index in [1.54, 1.807) is 0 Å². The summed E-state index contributed by atoms with van der Waals surface area (Å²) in [5, 5.41) is 6.07. The third-order valence-corrected chi connectivity index (χ3v) is 6.90. The van der Waals surface area contributed by atoms with Gasteiger partial charge in [0.05, 0.1) is 0 Å². The van der Waals surface area contributed by atoms with E-state index in [2.05, 4.69) is 69.2 Å². The first-order valence-corrected chi connectivity index (χ1v) is 9.68. The van der Waals surface area contributed by atoms with Crippen molar-refractivity contribution < 1.29 is 26.2 Å². The second-order valence-corrected chi connectivity index (χ2v) is 8.90. The SMILES string of the molecule is Cc1p[c-](C)c(C)c1C.Cc1p[c-](C)c(C)c1C.[CH2-]CC[CH2-].[Zr+4]. The van der Waals surface area contributed by atoms with E-state index in [-0.39, 0.29) is 26.2 Å². The fourth-order valence-corrected chi connectivity index (χ4v) is 4.27. The molecule has 0 aliphatic heterocycles. The van der Waals surface area contributed by atoms with Crippen molar-refractivity contribution in [2.45, 2.75) is 68.2 Å². The average Bonchev–Trinajstić information content (AvgIpc) is 2.84. The van der Waals surface area contributed by atoms with Crippen molar-refractivity contribution in [2.24, 2.45) is 0 Å². The summed E-state index contributed by atoms with van der Waals surface area (Å²) in [5.41, 5.74) is 5.98. The van der Waals surface area contributed by atoms with Gasteiger partial charge in [-0.25, -0.2) is 29.2 Å². The minimum atomic E-state index is 0. The quantitative estimate of drug-likeness (QED) is 0.408. The molecule has 2 aromatic heterocycles. The molecule has 0 aliphatic carbocycles. The first-order chi connectivity index (χ1) is 10.2. The van der Waals surface area contributed by atoms with Crippen LogP contribution in [0.5, 0.6) is 0 Å². The van der Waals surface area contributed by atoms with E-state index in [4.69, 9.17) is 0 Å². The van der Waals surface area contributed by atoms with Crippen LogP contribution in [0, 0.1) is 69.2 Å². The Labute approximate surface area is 167 Å². The summed E-state index contributed by atoms with van der Waals surface area (Å²) in [6, 6.07) is 0. The van der Waals surface area contributed by atoms with Crippen LogP contribution in [-0.2, 0) is 26.2 Å². The fraction of sp³-hybridized carbons (Fsp3) is 0.500. The van der Waals surface area contributed by atoms with Crippen LogP contribution in [-0.4, -0.2) is 0 Å². The number of unbranched alkanes of at least 4 members (excludes halogenated alkanes) is 1. The maximum Gasteiger partial charge on any atom is 4.00 e. The summed E-state index contributed by atoms with van der Waals surface area (Å²) in [5.74, 6) is 0. The Balaban J connectivity index is 0. The van der Waals surface area contributed by atoms with Crippen LogP contribution in [0.1, 0.15) is 56.3 Å². The molecule has 0 atom stereocenters. The standard InChI is InChI=1S/2C8H12P.C4H8.Zr/c2*1-5-6(2)8(4)9-7(5)3;1-3-4-2;/h2*1-4H3;1-4H2;/q2*-1;-2;+4. The minimum absolute atomic E-state index is 0. The van der Waals surface area contributed by atoms with Gasteiger partial charge in [0.1, 0.15) is 0 Å². The topological polar surface area (TPSA) is 0 Å². The van der Waals surface area contributed by atoms with Gasteiger partial charge in [-0.05, 0) is 0 Å². The van der Waals surface area contributed by atoms with Crippen LogP contribution >= 0.6 is 16.4 Å². The van der Waals surface area contributed by atoms with Gasteiger partial charge in [-0.3, -0.25) is 0 Å². The van der Waals surface area contributed by atoms with Crippen LogP contribution in [0.2, 0.25) is 0 Å². The smallest absolute Gasteiger partial charge is 0.346 e. The molecule has 0 saturated heterocycles. The van der Waals surface area contributed by atoms with Crippen molar-refractivity contribution in [3.8, 4) is 0 Å². The Morgan fingerprint density at radius 2 is 0.957 bits per heavy atom. The molecular weight excluding hydrogens is 393 g/mol. The maximum atomic E-state index is 3.54. The zero-order valence-electron chi connectivity index (χ0n) is 16.2. The van der Waals surface area contributed by atoms with Crippen molar-refractivity contribution in [3.63, 3.8) is 0 Å². The molecule has 0 aliphatic rings. The number of hydrogen-bond donors (Lipinski definition) is 0. The normalized spacial score (nSPS) is 10.0. The molecule has 126 valence electrons. The summed E-state index contributed by atoms with van der Waals surface area (Å²) in [4.78, 5) is 0. The molecule has 0 aromatic carbocycles. The van der Waals surface area contributed by atoms with Crippen LogP contribution in [0.25, 0.3) is 0 Å². The van der Waals surface area contributed by atoms with E-state index < -0.39 is 0 Å². The second kappa shape index (κ2) is 12.8. The Morgan fingerprint density at radius 3 is 1.00 bits per heavy atom. The molecule has 0 radical (unpaired) electrons. The van der Waals surface area contributed by atoms with E-state index in [1.807, 2.05) is 0 Å². The molecule has 0 fully saturated rings. The first-order valence-electron chi connectivity index (χ1n) is 7.89. The zero-order chi connectivity index (χ0) is 17.4. The molecule has 2 heterocycles. The van der Waals surface area contributed by atoms with Gasteiger partial charge in [-0.1, -0.05) is 55.4 Å². The summed E-state index contributed by atoms with van der Waals surface area (Å²) in [6.45, 7) is 24.7. The van der Waals surface area contributed by atoms with E-state index in [0.717, 1.165) is 12.8 Å². The van der Waals surface area contributed by atoms with Crippen LogP contribution < -0.4 is 0 Å². The van der Waals surface area contributed by atoms with E-state index in [0.29, 0.717) is 0 Å². The molecule has 2 aromatic rings. The third-order valence-electron chi connectivity index (χ3n) is 4.22. The summed E-state index contributed by atoms with van der Waals surface area (Å²) in [6.07, 6.45) is 1.92. The van der Waals surface area contributed by atoms with Gasteiger partial charge in [0.15, 0.2) is 0 Å². The molecule has 0 spiro atoms. The predicted molar refractivity (Wildman–Crippen MR) is 107 cm³/mol. The fourth-order valence-electron chi connectivity index (χ4n) is 1.92. The van der Waals surface area contributed by atoms with Crippen molar-refractivity contribution in [1.29, 1.82) is 0 Å². The molecule has 0 unspecified atom stereocenters. The van der Waals surface area contributed by atoms with Crippen LogP contribution in [0.3, 0.4) is 0 Å². The minimum Gasteiger partial charge on any atom is -0.346 e. The third kappa shape index (κ3) is 8.39. The molecule has 0 N–H and O–H groups in total. The van der Waals surface area contributed by atoms with Gasteiger partial charge in [0.2, 0.25) is 0 Å². The molecule has 2 rings (SSSR count). The van der Waals surface area contributed by atoms with Gasteiger partial charge in [-0.2, -0.15) is 32.8 Å². The molecule has 0 nitrogen and oxygen atoms in total. The Bertz CT molecular complexity index is 480. The Hall–Kier alpha value is 0.443. The zero-order valence-corrected chi connectivity index (χ0v) is 20.5. The van der Waals surface area contributed by atoms with Crippen LogP contribution in [0.4, 0.5) is 0 Å². The second-order valence-electron chi connectivity index (χ2n) is 5.77. The molecule has 0 saturated carbocycles. The number of rotatable bonds is 1. The van der Waals surface area contributed by atoms with E-state index in [1.165, 1.54) is 59.8 Å². The van der Waals surface area contributed by atoms with E-state index in [9.17, 15) is 0 Å². The van der Waals surface area contributed by atoms with Gasteiger partial charge < -0.3 is 13.8 Å². The number of hydrogen-bond acceptors (Lipinski definition) is 0. The van der Waals surface area contributed by atoms with E-state index >= 15 is 0 Å². The van der Waals surface area contributed by atoms with Crippen LogP contribution in [0.15, 0.2) is 0 Å². The maximum absolute atomic E-state index is 3.54. The van der Waals surface area contributed by atoms with Crippen molar-refractivity contribution >= 4 is 16.4 Å². The molecule has 0 bridgehead atoms. The predicted octanol–water partition coefficient (Wildman–Crippen LogP) is 7.87. The van der Waals surface area contributed by atoms with Gasteiger partial charge in [-0.15, -0.1) is 10.6 Å². The number of aryl methyl sites for hydroxylation is 4. The summed E-state index contributed by atoms with van der Waals surface area (Å²) in [7, 11) is 2.87. The van der Waals surface area contributed by atoms with Crippen molar-refractivity contribution in [1.82, 2.24) is 0 Å². The van der Waals surface area contributed by atoms with Gasteiger partial charge >= 0.3 is 26.2 Å². The molecular formula is C20H32P2Zr. The van der Waals surface area contributed by atoms with Gasteiger partial charge in [0, 0.05) is 0 Å². The molecule has 0 amide bonds. The first kappa shape index (κ1) is 25.7. The molecule has 3 heteroatoms. The largest absolute Gasteiger partial charge is 4.00 e. The van der Waals surface area contributed by atoms with Crippen molar-refractivity contribution in [2.75, 3.05) is 0 Å². The molecule has 23 heavy (non-hydrogen) atoms. The Kier molecular flexibility index (Phi) is 14.2. The summed E-state index contributed by atoms with van der Waals surface area (Å²) < 4.78 is 0. The monoisotopic (exact) mass is 424 g/mol. The average molecular weight is 426 g/mol. The summed E-state index contributed by atoms with van der Waals surface area (Å²) >= 11 is 0. The van der Waals surface area contributed by atoms with Gasteiger partial charge in [0.25, 0.3) is 0 Å².